The molecular weight excluding hydrogens is 274 g/mol. The molecule has 0 fully saturated rings. The minimum absolute atomic E-state index is 0.150. The van der Waals surface area contributed by atoms with Crippen LogP contribution in [0.2, 0.25) is 0 Å². The summed E-state index contributed by atoms with van der Waals surface area (Å²) in [7, 11) is 0. The zero-order valence-electron chi connectivity index (χ0n) is 11.2. The van der Waals surface area contributed by atoms with Gasteiger partial charge in [0.25, 0.3) is 0 Å². The number of benzene rings is 2. The summed E-state index contributed by atoms with van der Waals surface area (Å²) in [4.78, 5) is 0. The number of rotatable bonds is 4. The van der Waals surface area contributed by atoms with E-state index in [-0.39, 0.29) is 11.7 Å². The Bertz CT molecular complexity index is 626. The molecule has 0 saturated carbocycles. The van der Waals surface area contributed by atoms with Crippen LogP contribution in [-0.4, -0.2) is 18.9 Å². The second-order valence-electron chi connectivity index (χ2n) is 4.73. The van der Waals surface area contributed by atoms with E-state index in [0.29, 0.717) is 0 Å². The van der Waals surface area contributed by atoms with E-state index in [9.17, 15) is 8.78 Å². The smallest absolute Gasteiger partial charge is 0.387 e. The number of ether oxygens (including phenoxy) is 1. The first-order chi connectivity index (χ1) is 10.2. The molecule has 1 unspecified atom stereocenters. The summed E-state index contributed by atoms with van der Waals surface area (Å²) in [6.07, 6.45) is 0. The van der Waals surface area contributed by atoms with E-state index in [0.717, 1.165) is 17.8 Å². The number of hydrazone groups is 1. The van der Waals surface area contributed by atoms with Crippen molar-refractivity contribution in [1.29, 1.82) is 0 Å². The Morgan fingerprint density at radius 1 is 1.05 bits per heavy atom. The van der Waals surface area contributed by atoms with Gasteiger partial charge >= 0.3 is 6.61 Å². The van der Waals surface area contributed by atoms with Gasteiger partial charge in [0.1, 0.15) is 5.75 Å². The van der Waals surface area contributed by atoms with Crippen LogP contribution in [0.3, 0.4) is 0 Å². The normalized spacial score (nSPS) is 17.5. The summed E-state index contributed by atoms with van der Waals surface area (Å²) in [5, 5.41) is 4.33. The van der Waals surface area contributed by atoms with E-state index in [4.69, 9.17) is 0 Å². The third-order valence-electron chi connectivity index (χ3n) is 3.40. The van der Waals surface area contributed by atoms with Crippen molar-refractivity contribution in [2.75, 3.05) is 6.54 Å². The highest BCUT2D eigenvalue weighted by Gasteiger charge is 2.24. The molecule has 0 bridgehead atoms. The van der Waals surface area contributed by atoms with Crippen LogP contribution in [0, 0.1) is 0 Å². The lowest BCUT2D eigenvalue weighted by Crippen LogP contribution is -2.14. The van der Waals surface area contributed by atoms with Gasteiger partial charge < -0.3 is 10.2 Å². The number of nitrogens with one attached hydrogen (secondary N) is 1. The maximum Gasteiger partial charge on any atom is 0.387 e. The van der Waals surface area contributed by atoms with Crippen LogP contribution in [0.5, 0.6) is 5.75 Å². The molecule has 0 amide bonds. The Hall–Kier alpha value is -2.43. The largest absolute Gasteiger partial charge is 0.435 e. The van der Waals surface area contributed by atoms with Crippen LogP contribution < -0.4 is 10.2 Å². The van der Waals surface area contributed by atoms with Gasteiger partial charge in [0, 0.05) is 12.5 Å². The molecule has 1 atom stereocenters. The highest BCUT2D eigenvalue weighted by Crippen LogP contribution is 2.25. The minimum Gasteiger partial charge on any atom is -0.435 e. The molecule has 2 aromatic rings. The van der Waals surface area contributed by atoms with Gasteiger partial charge in [-0.25, -0.2) is 0 Å². The molecule has 3 rings (SSSR count). The second kappa shape index (κ2) is 5.91. The summed E-state index contributed by atoms with van der Waals surface area (Å²) >= 11 is 0. The molecule has 2 aromatic carbocycles. The SMILES string of the molecule is FC(F)Oc1ccc(C2=NNCC2c2ccccc2)cc1. The van der Waals surface area contributed by atoms with E-state index < -0.39 is 6.61 Å². The van der Waals surface area contributed by atoms with Crippen molar-refractivity contribution in [1.82, 2.24) is 5.43 Å². The van der Waals surface area contributed by atoms with Crippen molar-refractivity contribution in [3.8, 4) is 5.75 Å². The molecule has 0 saturated heterocycles. The van der Waals surface area contributed by atoms with Crippen molar-refractivity contribution in [3.63, 3.8) is 0 Å². The third kappa shape index (κ3) is 3.02. The molecule has 0 spiro atoms. The summed E-state index contributed by atoms with van der Waals surface area (Å²) in [6, 6.07) is 16.6. The molecule has 3 nitrogen and oxygen atoms in total. The first-order valence-electron chi connectivity index (χ1n) is 6.64. The van der Waals surface area contributed by atoms with Crippen molar-refractivity contribution in [2.24, 2.45) is 5.10 Å². The van der Waals surface area contributed by atoms with Crippen LogP contribution in [0.25, 0.3) is 0 Å². The van der Waals surface area contributed by atoms with Crippen LogP contribution in [0.1, 0.15) is 17.0 Å². The number of hydrogen-bond donors (Lipinski definition) is 1. The van der Waals surface area contributed by atoms with E-state index in [2.05, 4.69) is 27.4 Å². The first kappa shape index (κ1) is 13.5. The molecule has 1 N–H and O–H groups in total. The lowest BCUT2D eigenvalue weighted by molar-refractivity contribution is -0.0498. The Morgan fingerprint density at radius 3 is 2.43 bits per heavy atom. The quantitative estimate of drug-likeness (QED) is 0.935. The van der Waals surface area contributed by atoms with Gasteiger partial charge in [0.05, 0.1) is 5.71 Å². The molecule has 1 aliphatic heterocycles. The average molecular weight is 288 g/mol. The van der Waals surface area contributed by atoms with Crippen LogP contribution >= 0.6 is 0 Å². The second-order valence-corrected chi connectivity index (χ2v) is 4.73. The highest BCUT2D eigenvalue weighted by molar-refractivity contribution is 6.06. The lowest BCUT2D eigenvalue weighted by atomic mass is 9.91. The number of halogens is 2. The molecule has 5 heteroatoms. The maximum absolute atomic E-state index is 12.1. The predicted octanol–water partition coefficient (Wildman–Crippen LogP) is 3.38. The topological polar surface area (TPSA) is 33.6 Å². The Balaban J connectivity index is 1.82. The fourth-order valence-corrected chi connectivity index (χ4v) is 2.43. The zero-order chi connectivity index (χ0) is 14.7. The van der Waals surface area contributed by atoms with Gasteiger partial charge in [-0.15, -0.1) is 0 Å². The molecule has 108 valence electrons. The molecule has 0 radical (unpaired) electrons. The summed E-state index contributed by atoms with van der Waals surface area (Å²) in [6.45, 7) is -2.08. The van der Waals surface area contributed by atoms with Crippen molar-refractivity contribution in [3.05, 3.63) is 65.7 Å². The van der Waals surface area contributed by atoms with Crippen molar-refractivity contribution < 1.29 is 13.5 Å². The van der Waals surface area contributed by atoms with E-state index in [1.807, 2.05) is 18.2 Å². The summed E-state index contributed by atoms with van der Waals surface area (Å²) in [5.74, 6) is 0.310. The molecule has 1 aliphatic rings. The van der Waals surface area contributed by atoms with Crippen molar-refractivity contribution in [2.45, 2.75) is 12.5 Å². The van der Waals surface area contributed by atoms with E-state index in [1.165, 1.54) is 17.7 Å². The lowest BCUT2D eigenvalue weighted by Gasteiger charge is -2.13. The molecule has 0 aliphatic carbocycles. The fourth-order valence-electron chi connectivity index (χ4n) is 2.43. The number of alkyl halides is 2. The van der Waals surface area contributed by atoms with Gasteiger partial charge in [-0.2, -0.15) is 13.9 Å². The van der Waals surface area contributed by atoms with Gasteiger partial charge in [-0.05, 0) is 35.4 Å². The Kier molecular flexibility index (Phi) is 3.81. The maximum atomic E-state index is 12.1. The van der Waals surface area contributed by atoms with Crippen LogP contribution in [0.15, 0.2) is 59.7 Å². The molecule has 1 heterocycles. The minimum atomic E-state index is -2.81. The highest BCUT2D eigenvalue weighted by atomic mass is 19.3. The predicted molar refractivity (Wildman–Crippen MR) is 76.8 cm³/mol. The Morgan fingerprint density at radius 2 is 1.76 bits per heavy atom. The van der Waals surface area contributed by atoms with Gasteiger partial charge in [0.15, 0.2) is 0 Å². The van der Waals surface area contributed by atoms with Gasteiger partial charge in [0.2, 0.25) is 0 Å². The Labute approximate surface area is 121 Å². The molecule has 21 heavy (non-hydrogen) atoms. The van der Waals surface area contributed by atoms with Crippen LogP contribution in [-0.2, 0) is 0 Å². The average Bonchev–Trinajstić information content (AvgIpc) is 2.98. The zero-order valence-corrected chi connectivity index (χ0v) is 11.2. The van der Waals surface area contributed by atoms with Gasteiger partial charge in [-0.3, -0.25) is 0 Å². The standard InChI is InChI=1S/C16H14F2N2O/c17-16(18)21-13-8-6-12(7-9-13)15-14(10-19-20-15)11-4-2-1-3-5-11/h1-9,14,16,19H,10H2. The van der Waals surface area contributed by atoms with Gasteiger partial charge in [-0.1, -0.05) is 30.3 Å². The number of nitrogens with zero attached hydrogens (tertiary/aromatic N) is 1. The van der Waals surface area contributed by atoms with E-state index in [1.54, 1.807) is 12.1 Å². The first-order valence-corrected chi connectivity index (χ1v) is 6.64. The number of hydrogen-bond acceptors (Lipinski definition) is 3. The van der Waals surface area contributed by atoms with Crippen LogP contribution in [0.4, 0.5) is 8.78 Å². The van der Waals surface area contributed by atoms with Crippen molar-refractivity contribution >= 4 is 5.71 Å². The monoisotopic (exact) mass is 288 g/mol. The molecular formula is C16H14F2N2O. The summed E-state index contributed by atoms with van der Waals surface area (Å²) in [5.41, 5.74) is 5.98. The summed E-state index contributed by atoms with van der Waals surface area (Å²) < 4.78 is 28.7. The fraction of sp³-hybridized carbons (Fsp3) is 0.188. The van der Waals surface area contributed by atoms with E-state index >= 15 is 0 Å². The third-order valence-corrected chi connectivity index (χ3v) is 3.40. The molecule has 0 aromatic heterocycles.